The number of halogens is 4. The average molecular weight is 569 g/mol. The Morgan fingerprint density at radius 3 is 2.29 bits per heavy atom. The fraction of sp³-hybridized carbons (Fsp3) is 0.300. The van der Waals surface area contributed by atoms with Crippen LogP contribution in [0.5, 0.6) is 0 Å². The summed E-state index contributed by atoms with van der Waals surface area (Å²) in [5.41, 5.74) is 0.448. The molecule has 0 aliphatic heterocycles. The van der Waals surface area contributed by atoms with Gasteiger partial charge in [-0.25, -0.2) is 13.2 Å². The second-order valence-corrected chi connectivity index (χ2v) is 9.75. The predicted molar refractivity (Wildman–Crippen MR) is 114 cm³/mol. The van der Waals surface area contributed by atoms with Crippen LogP contribution >= 0.6 is 22.6 Å². The lowest BCUT2D eigenvalue weighted by Crippen LogP contribution is -2.42. The number of hydrogen-bond acceptors (Lipinski definition) is 5. The van der Waals surface area contributed by atoms with E-state index in [4.69, 9.17) is 4.74 Å². The van der Waals surface area contributed by atoms with Gasteiger partial charge in [-0.2, -0.15) is 13.2 Å². The molecule has 0 fully saturated rings. The van der Waals surface area contributed by atoms with Gasteiger partial charge in [0.25, 0.3) is 0 Å². The van der Waals surface area contributed by atoms with E-state index >= 15 is 0 Å². The molecule has 2 aromatic rings. The summed E-state index contributed by atoms with van der Waals surface area (Å²) in [6.07, 6.45) is -4.91. The Labute approximate surface area is 191 Å². The third-order valence-corrected chi connectivity index (χ3v) is 6.64. The molecule has 0 aliphatic rings. The minimum atomic E-state index is -4.98. The van der Waals surface area contributed by atoms with Gasteiger partial charge in [0.05, 0.1) is 22.0 Å². The van der Waals surface area contributed by atoms with Crippen LogP contribution in [0.15, 0.2) is 52.3 Å². The van der Waals surface area contributed by atoms with Gasteiger partial charge in [-0.3, -0.25) is 4.79 Å². The first-order chi connectivity index (χ1) is 14.4. The average Bonchev–Trinajstić information content (AvgIpc) is 2.67. The molecule has 0 saturated carbocycles. The predicted octanol–water partition coefficient (Wildman–Crippen LogP) is 3.91. The van der Waals surface area contributed by atoms with Gasteiger partial charge in [0.1, 0.15) is 0 Å². The lowest BCUT2D eigenvalue weighted by Gasteiger charge is -2.15. The second-order valence-electron chi connectivity index (χ2n) is 6.58. The van der Waals surface area contributed by atoms with Crippen LogP contribution in [0.1, 0.15) is 29.8 Å². The van der Waals surface area contributed by atoms with E-state index in [2.05, 4.69) is 0 Å². The van der Waals surface area contributed by atoms with Crippen molar-refractivity contribution in [2.24, 2.45) is 0 Å². The molecule has 1 N–H and O–H groups in total. The number of amides is 1. The number of carbonyl (C=O) groups is 2. The molecule has 0 spiro atoms. The Bertz CT molecular complexity index is 1070. The Morgan fingerprint density at radius 1 is 1.13 bits per heavy atom. The first kappa shape index (κ1) is 25.1. The van der Waals surface area contributed by atoms with Crippen LogP contribution in [0.2, 0.25) is 0 Å². The molecule has 1 amide bonds. The first-order valence-corrected chi connectivity index (χ1v) is 11.6. The van der Waals surface area contributed by atoms with Crippen molar-refractivity contribution < 1.29 is 35.9 Å². The molecule has 1 atom stereocenters. The minimum Gasteiger partial charge on any atom is -0.462 e. The van der Waals surface area contributed by atoms with Crippen LogP contribution in [0, 0.1) is 3.57 Å². The molecule has 11 heteroatoms. The Morgan fingerprint density at radius 2 is 1.74 bits per heavy atom. The smallest absolute Gasteiger partial charge is 0.462 e. The molecule has 0 aromatic heterocycles. The maximum atomic E-state index is 13.1. The van der Waals surface area contributed by atoms with Gasteiger partial charge in [-0.1, -0.05) is 12.1 Å². The molecule has 2 aromatic carbocycles. The summed E-state index contributed by atoms with van der Waals surface area (Å²) < 4.78 is 68.8. The number of benzene rings is 2. The fourth-order valence-electron chi connectivity index (χ4n) is 2.75. The molecule has 31 heavy (non-hydrogen) atoms. The number of carbonyl (C=O) groups excluding carboxylic acids is 2. The van der Waals surface area contributed by atoms with Gasteiger partial charge in [0.15, 0.2) is 0 Å². The lowest BCUT2D eigenvalue weighted by molar-refractivity contribution is -0.174. The normalized spacial score (nSPS) is 12.8. The Balaban J connectivity index is 2.26. The molecule has 168 valence electrons. The zero-order chi connectivity index (χ0) is 23.4. The number of nitrogens with one attached hydrogen (secondary N) is 1. The van der Waals surface area contributed by atoms with Gasteiger partial charge in [-0.15, -0.1) is 0 Å². The van der Waals surface area contributed by atoms with Gasteiger partial charge in [0.2, 0.25) is 9.84 Å². The second kappa shape index (κ2) is 9.98. The van der Waals surface area contributed by atoms with E-state index < -0.39 is 33.9 Å². The Hall–Kier alpha value is -2.15. The minimum absolute atomic E-state index is 0.0692. The van der Waals surface area contributed by atoms with Crippen molar-refractivity contribution in [1.82, 2.24) is 5.32 Å². The molecular formula is C20H19F3INO5S. The van der Waals surface area contributed by atoms with Crippen molar-refractivity contribution >= 4 is 44.3 Å². The number of ether oxygens (including phenoxy) is 1. The molecule has 0 bridgehead atoms. The fourth-order valence-corrected chi connectivity index (χ4v) is 4.67. The van der Waals surface area contributed by atoms with E-state index in [-0.39, 0.29) is 28.4 Å². The van der Waals surface area contributed by atoms with Crippen molar-refractivity contribution in [3.8, 4) is 0 Å². The summed E-state index contributed by atoms with van der Waals surface area (Å²) in [7, 11) is -4.06. The highest BCUT2D eigenvalue weighted by Gasteiger charge is 2.39. The van der Waals surface area contributed by atoms with E-state index in [1.54, 1.807) is 13.0 Å². The number of alkyl halides is 3. The van der Waals surface area contributed by atoms with Crippen molar-refractivity contribution in [2.75, 3.05) is 6.61 Å². The third-order valence-electron chi connectivity index (χ3n) is 4.14. The van der Waals surface area contributed by atoms with E-state index in [1.807, 2.05) is 27.9 Å². The van der Waals surface area contributed by atoms with Crippen LogP contribution in [-0.4, -0.2) is 39.1 Å². The van der Waals surface area contributed by atoms with E-state index in [9.17, 15) is 31.2 Å². The SMILES string of the molecule is CCOC(=O)c1cc(I)ccc1S(=O)(=O)c1ccc(C[C@@H](C)NC(=O)C(F)(F)F)cc1. The van der Waals surface area contributed by atoms with Gasteiger partial charge >= 0.3 is 18.1 Å². The van der Waals surface area contributed by atoms with E-state index in [1.165, 1.54) is 43.3 Å². The highest BCUT2D eigenvalue weighted by Crippen LogP contribution is 2.27. The zero-order valence-electron chi connectivity index (χ0n) is 16.5. The molecule has 6 nitrogen and oxygen atoms in total. The molecular weight excluding hydrogens is 550 g/mol. The van der Waals surface area contributed by atoms with Gasteiger partial charge < -0.3 is 10.1 Å². The Kier molecular flexibility index (Phi) is 8.09. The maximum absolute atomic E-state index is 13.1. The van der Waals surface area contributed by atoms with Gasteiger partial charge in [0, 0.05) is 9.61 Å². The van der Waals surface area contributed by atoms with Crippen LogP contribution < -0.4 is 5.32 Å². The highest BCUT2D eigenvalue weighted by atomic mass is 127. The van der Waals surface area contributed by atoms with Crippen molar-refractivity contribution in [3.63, 3.8) is 0 Å². The first-order valence-electron chi connectivity index (χ1n) is 9.04. The van der Waals surface area contributed by atoms with E-state index in [0.717, 1.165) is 0 Å². The van der Waals surface area contributed by atoms with Crippen LogP contribution in [-0.2, 0) is 25.8 Å². The highest BCUT2D eigenvalue weighted by molar-refractivity contribution is 14.1. The summed E-state index contributed by atoms with van der Waals surface area (Å²) in [4.78, 5) is 22.9. The summed E-state index contributed by atoms with van der Waals surface area (Å²) in [6.45, 7) is 3.10. The molecule has 0 aliphatic carbocycles. The number of esters is 1. The summed E-state index contributed by atoms with van der Waals surface area (Å²) in [5, 5.41) is 1.84. The zero-order valence-corrected chi connectivity index (χ0v) is 19.5. The van der Waals surface area contributed by atoms with Crippen LogP contribution in [0.3, 0.4) is 0 Å². The quantitative estimate of drug-likeness (QED) is 0.404. The molecule has 0 heterocycles. The molecule has 0 saturated heterocycles. The van der Waals surface area contributed by atoms with Gasteiger partial charge in [-0.05, 0) is 78.8 Å². The third kappa shape index (κ3) is 6.42. The number of sulfone groups is 1. The molecule has 0 unspecified atom stereocenters. The van der Waals surface area contributed by atoms with Crippen molar-refractivity contribution in [1.29, 1.82) is 0 Å². The van der Waals surface area contributed by atoms with E-state index in [0.29, 0.717) is 9.13 Å². The van der Waals surface area contributed by atoms with Crippen molar-refractivity contribution in [2.45, 2.75) is 42.3 Å². The molecule has 2 rings (SSSR count). The summed E-state index contributed by atoms with van der Waals surface area (Å²) in [6, 6.07) is 8.97. The van der Waals surface area contributed by atoms with Crippen molar-refractivity contribution in [3.05, 3.63) is 57.2 Å². The lowest BCUT2D eigenvalue weighted by atomic mass is 10.1. The largest absolute Gasteiger partial charge is 0.471 e. The maximum Gasteiger partial charge on any atom is 0.471 e. The van der Waals surface area contributed by atoms with Crippen LogP contribution in [0.25, 0.3) is 0 Å². The number of rotatable bonds is 7. The monoisotopic (exact) mass is 569 g/mol. The summed E-state index contributed by atoms with van der Waals surface area (Å²) >= 11 is 1.95. The standard InChI is InChI=1S/C20H19F3INO5S/c1-3-30-18(26)16-11-14(24)6-9-17(16)31(28,29)15-7-4-13(5-8-15)10-12(2)25-19(27)20(21,22)23/h4-9,11-12H,3,10H2,1-2H3,(H,25,27)/t12-/m1/s1. The van der Waals surface area contributed by atoms with Crippen LogP contribution in [0.4, 0.5) is 13.2 Å². The topological polar surface area (TPSA) is 89.5 Å². The molecule has 0 radical (unpaired) electrons. The number of hydrogen-bond donors (Lipinski definition) is 1. The summed E-state index contributed by atoms with van der Waals surface area (Å²) in [5.74, 6) is -2.80.